The van der Waals surface area contributed by atoms with Crippen LogP contribution in [-0.4, -0.2) is 31.0 Å². The highest BCUT2D eigenvalue weighted by atomic mass is 32.2. The standard InChI is InChI=1S/C24H28N4O4S/c1-16-14-19(11-12-20(16)28-13-5-6-22(28)29)33(30,31)25-15-21-26-23(27-32-21)17-7-9-18(10-8-17)24(2,3)4/h7-12,14,25H,5-6,13,15H2,1-4H3. The lowest BCUT2D eigenvalue weighted by molar-refractivity contribution is -0.117. The largest absolute Gasteiger partial charge is 0.338 e. The van der Waals surface area contributed by atoms with Crippen molar-refractivity contribution in [2.75, 3.05) is 11.4 Å². The number of benzene rings is 2. The molecular formula is C24H28N4O4S. The van der Waals surface area contributed by atoms with Gasteiger partial charge in [0.05, 0.1) is 11.4 Å². The summed E-state index contributed by atoms with van der Waals surface area (Å²) in [4.78, 5) is 18.1. The van der Waals surface area contributed by atoms with Gasteiger partial charge in [0, 0.05) is 24.2 Å². The second-order valence-corrected chi connectivity index (χ2v) is 11.0. The monoisotopic (exact) mass is 468 g/mol. The van der Waals surface area contributed by atoms with Crippen molar-refractivity contribution in [3.05, 3.63) is 59.5 Å². The lowest BCUT2D eigenvalue weighted by atomic mass is 9.87. The molecule has 8 nitrogen and oxygen atoms in total. The van der Waals surface area contributed by atoms with Gasteiger partial charge in [0.2, 0.25) is 27.6 Å². The van der Waals surface area contributed by atoms with E-state index >= 15 is 0 Å². The Kier molecular flexibility index (Phi) is 6.11. The highest BCUT2D eigenvalue weighted by Gasteiger charge is 2.24. The molecular weight excluding hydrogens is 440 g/mol. The Morgan fingerprint density at radius 3 is 2.45 bits per heavy atom. The zero-order chi connectivity index (χ0) is 23.8. The van der Waals surface area contributed by atoms with E-state index in [9.17, 15) is 13.2 Å². The van der Waals surface area contributed by atoms with Crippen LogP contribution in [0.3, 0.4) is 0 Å². The molecule has 0 bridgehead atoms. The van der Waals surface area contributed by atoms with E-state index in [1.54, 1.807) is 24.0 Å². The normalized spacial score (nSPS) is 14.8. The van der Waals surface area contributed by atoms with Crippen molar-refractivity contribution in [1.82, 2.24) is 14.9 Å². The number of rotatable bonds is 6. The molecule has 1 amide bonds. The van der Waals surface area contributed by atoms with E-state index in [1.165, 1.54) is 11.6 Å². The number of carbonyl (C=O) groups is 1. The Morgan fingerprint density at radius 2 is 1.85 bits per heavy atom. The van der Waals surface area contributed by atoms with Crippen LogP contribution in [0.1, 0.15) is 50.6 Å². The van der Waals surface area contributed by atoms with Gasteiger partial charge in [-0.25, -0.2) is 13.1 Å². The molecule has 1 aliphatic rings. The number of sulfonamides is 1. The van der Waals surface area contributed by atoms with Gasteiger partial charge < -0.3 is 9.42 Å². The van der Waals surface area contributed by atoms with Crippen LogP contribution >= 0.6 is 0 Å². The number of aromatic nitrogens is 2. The predicted molar refractivity (Wildman–Crippen MR) is 125 cm³/mol. The maximum atomic E-state index is 12.8. The maximum absolute atomic E-state index is 12.8. The minimum atomic E-state index is -3.79. The van der Waals surface area contributed by atoms with Crippen LogP contribution in [0.15, 0.2) is 51.9 Å². The fraction of sp³-hybridized carbons (Fsp3) is 0.375. The van der Waals surface area contributed by atoms with E-state index in [4.69, 9.17) is 4.52 Å². The zero-order valence-corrected chi connectivity index (χ0v) is 20.1. The van der Waals surface area contributed by atoms with Crippen molar-refractivity contribution in [3.63, 3.8) is 0 Å². The van der Waals surface area contributed by atoms with Crippen LogP contribution in [0.5, 0.6) is 0 Å². The Labute approximate surface area is 194 Å². The molecule has 1 aromatic heterocycles. The third kappa shape index (κ3) is 4.99. The van der Waals surface area contributed by atoms with Crippen molar-refractivity contribution < 1.29 is 17.7 Å². The minimum Gasteiger partial charge on any atom is -0.338 e. The van der Waals surface area contributed by atoms with Crippen molar-refractivity contribution in [2.45, 2.75) is 57.4 Å². The number of hydrogen-bond acceptors (Lipinski definition) is 6. The molecule has 0 unspecified atom stereocenters. The van der Waals surface area contributed by atoms with Crippen molar-refractivity contribution in [2.24, 2.45) is 0 Å². The fourth-order valence-electron chi connectivity index (χ4n) is 3.80. The Hall–Kier alpha value is -3.04. The molecule has 0 radical (unpaired) electrons. The second kappa shape index (κ2) is 8.72. The van der Waals surface area contributed by atoms with Crippen LogP contribution in [0, 0.1) is 6.92 Å². The molecule has 3 aromatic rings. The first kappa shape index (κ1) is 23.1. The SMILES string of the molecule is Cc1cc(S(=O)(=O)NCc2nc(-c3ccc(C(C)(C)C)cc3)no2)ccc1N1CCCC1=O. The van der Waals surface area contributed by atoms with Crippen LogP contribution in [0.25, 0.3) is 11.4 Å². The third-order valence-electron chi connectivity index (χ3n) is 5.73. The van der Waals surface area contributed by atoms with Crippen LogP contribution in [0.2, 0.25) is 0 Å². The third-order valence-corrected chi connectivity index (χ3v) is 7.13. The molecule has 1 N–H and O–H groups in total. The molecule has 0 spiro atoms. The first-order valence-corrected chi connectivity index (χ1v) is 12.4. The van der Waals surface area contributed by atoms with E-state index in [-0.39, 0.29) is 28.7 Å². The van der Waals surface area contributed by atoms with E-state index in [0.717, 1.165) is 23.2 Å². The quantitative estimate of drug-likeness (QED) is 0.587. The molecule has 0 saturated carbocycles. The molecule has 1 fully saturated rings. The molecule has 0 aliphatic carbocycles. The van der Waals surface area contributed by atoms with Crippen molar-refractivity contribution >= 4 is 21.6 Å². The van der Waals surface area contributed by atoms with Crippen molar-refractivity contribution in [3.8, 4) is 11.4 Å². The fourth-order valence-corrected chi connectivity index (χ4v) is 4.86. The summed E-state index contributed by atoms with van der Waals surface area (Å²) in [5, 5.41) is 3.97. The number of nitrogens with one attached hydrogen (secondary N) is 1. The molecule has 4 rings (SSSR count). The summed E-state index contributed by atoms with van der Waals surface area (Å²) < 4.78 is 33.3. The predicted octanol–water partition coefficient (Wildman–Crippen LogP) is 3.95. The Bertz CT molecular complexity index is 1270. The summed E-state index contributed by atoms with van der Waals surface area (Å²) in [5.74, 6) is 0.636. The molecule has 33 heavy (non-hydrogen) atoms. The summed E-state index contributed by atoms with van der Waals surface area (Å²) in [5.41, 5.74) is 3.50. The minimum absolute atomic E-state index is 0.0415. The summed E-state index contributed by atoms with van der Waals surface area (Å²) >= 11 is 0. The average Bonchev–Trinajstić information content (AvgIpc) is 3.41. The highest BCUT2D eigenvalue weighted by molar-refractivity contribution is 7.89. The lowest BCUT2D eigenvalue weighted by Crippen LogP contribution is -2.26. The van der Waals surface area contributed by atoms with Gasteiger partial charge in [-0.1, -0.05) is 50.2 Å². The number of anilines is 1. The average molecular weight is 469 g/mol. The molecule has 174 valence electrons. The second-order valence-electron chi connectivity index (χ2n) is 9.26. The first-order valence-electron chi connectivity index (χ1n) is 10.9. The van der Waals surface area contributed by atoms with Crippen LogP contribution in [-0.2, 0) is 26.8 Å². The van der Waals surface area contributed by atoms with Crippen LogP contribution in [0.4, 0.5) is 5.69 Å². The molecule has 9 heteroatoms. The summed E-state index contributed by atoms with van der Waals surface area (Å²) in [6, 6.07) is 12.7. The van der Waals surface area contributed by atoms with E-state index in [1.807, 2.05) is 24.3 Å². The summed E-state index contributed by atoms with van der Waals surface area (Å²) in [6.07, 6.45) is 1.33. The van der Waals surface area contributed by atoms with E-state index < -0.39 is 10.0 Å². The molecule has 1 saturated heterocycles. The van der Waals surface area contributed by atoms with Gasteiger partial charge in [-0.2, -0.15) is 4.98 Å². The summed E-state index contributed by atoms with van der Waals surface area (Å²) in [6.45, 7) is 8.75. The molecule has 0 atom stereocenters. The van der Waals surface area contributed by atoms with Gasteiger partial charge in [0.15, 0.2) is 0 Å². The Balaban J connectivity index is 1.44. The first-order chi connectivity index (χ1) is 15.5. The lowest BCUT2D eigenvalue weighted by Gasteiger charge is -2.19. The van der Waals surface area contributed by atoms with Gasteiger partial charge in [-0.05, 0) is 48.1 Å². The number of carbonyl (C=O) groups excluding carboxylic acids is 1. The van der Waals surface area contributed by atoms with E-state index in [2.05, 4.69) is 35.6 Å². The van der Waals surface area contributed by atoms with Gasteiger partial charge in [-0.15, -0.1) is 0 Å². The number of aryl methyl sites for hydroxylation is 1. The number of hydrogen-bond donors (Lipinski definition) is 1. The number of nitrogens with zero attached hydrogens (tertiary/aromatic N) is 3. The maximum Gasteiger partial charge on any atom is 0.242 e. The molecule has 2 aromatic carbocycles. The molecule has 2 heterocycles. The highest BCUT2D eigenvalue weighted by Crippen LogP contribution is 2.28. The van der Waals surface area contributed by atoms with Crippen molar-refractivity contribution in [1.29, 1.82) is 0 Å². The number of amides is 1. The Morgan fingerprint density at radius 1 is 1.12 bits per heavy atom. The van der Waals surface area contributed by atoms with Gasteiger partial charge in [0.25, 0.3) is 0 Å². The topological polar surface area (TPSA) is 105 Å². The molecule has 1 aliphatic heterocycles. The van der Waals surface area contributed by atoms with E-state index in [0.29, 0.717) is 18.8 Å². The smallest absolute Gasteiger partial charge is 0.242 e. The van der Waals surface area contributed by atoms with Crippen LogP contribution < -0.4 is 9.62 Å². The van der Waals surface area contributed by atoms with Gasteiger partial charge in [0.1, 0.15) is 0 Å². The van der Waals surface area contributed by atoms with Gasteiger partial charge >= 0.3 is 0 Å². The summed E-state index contributed by atoms with van der Waals surface area (Å²) in [7, 11) is -3.79. The van der Waals surface area contributed by atoms with Gasteiger partial charge in [-0.3, -0.25) is 4.79 Å². The zero-order valence-electron chi connectivity index (χ0n) is 19.3.